The number of carbonyl (C=O) groups excluding carboxylic acids is 2. The summed E-state index contributed by atoms with van der Waals surface area (Å²) in [6.45, 7) is 7.56. The zero-order chi connectivity index (χ0) is 21.6. The Kier molecular flexibility index (Phi) is 7.82. The number of methoxy groups -OCH3 is 1. The van der Waals surface area contributed by atoms with Crippen LogP contribution in [0.25, 0.3) is 11.1 Å². The Labute approximate surface area is 177 Å². The molecule has 0 aliphatic heterocycles. The normalized spacial score (nSPS) is 12.9. The van der Waals surface area contributed by atoms with Gasteiger partial charge in [-0.2, -0.15) is 0 Å². The van der Waals surface area contributed by atoms with Crippen LogP contribution in [0.5, 0.6) is 0 Å². The van der Waals surface area contributed by atoms with Gasteiger partial charge in [0.1, 0.15) is 0 Å². The van der Waals surface area contributed by atoms with Crippen LogP contribution in [0, 0.1) is 13.8 Å². The monoisotopic (exact) mass is 417 g/mol. The first-order valence-corrected chi connectivity index (χ1v) is 9.91. The minimum absolute atomic E-state index is 0.0328. The largest absolute Gasteiger partial charge is 0.464 e. The molecule has 0 heterocycles. The molecule has 0 fully saturated rings. The van der Waals surface area contributed by atoms with E-state index in [9.17, 15) is 9.59 Å². The minimum Gasteiger partial charge on any atom is -0.464 e. The van der Waals surface area contributed by atoms with Crippen LogP contribution >= 0.6 is 11.6 Å². The lowest BCUT2D eigenvalue weighted by Gasteiger charge is -2.28. The fourth-order valence-corrected chi connectivity index (χ4v) is 3.44. The van der Waals surface area contributed by atoms with Crippen LogP contribution in [0.1, 0.15) is 30.5 Å². The molecule has 0 aromatic heterocycles. The molecule has 5 nitrogen and oxygen atoms in total. The van der Waals surface area contributed by atoms with E-state index in [1.54, 1.807) is 13.8 Å². The average Bonchev–Trinajstić information content (AvgIpc) is 2.65. The van der Waals surface area contributed by atoms with Gasteiger partial charge in [0.05, 0.1) is 19.6 Å². The van der Waals surface area contributed by atoms with Crippen molar-refractivity contribution in [2.45, 2.75) is 39.7 Å². The van der Waals surface area contributed by atoms with Gasteiger partial charge in [0.25, 0.3) is 0 Å². The number of hydrogen-bond donors (Lipinski definition) is 1. The molecular weight excluding hydrogens is 390 g/mol. The van der Waals surface area contributed by atoms with Crippen LogP contribution in [-0.2, 0) is 25.5 Å². The van der Waals surface area contributed by atoms with Crippen LogP contribution < -0.4 is 5.32 Å². The van der Waals surface area contributed by atoms with E-state index in [0.717, 1.165) is 27.8 Å². The van der Waals surface area contributed by atoms with Crippen LogP contribution in [-0.4, -0.2) is 37.7 Å². The Bertz CT molecular complexity index is 856. The third-order valence-corrected chi connectivity index (χ3v) is 5.04. The second kappa shape index (κ2) is 9.90. The van der Waals surface area contributed by atoms with Crippen molar-refractivity contribution < 1.29 is 19.1 Å². The summed E-state index contributed by atoms with van der Waals surface area (Å²) in [5, 5.41) is 3.47. The highest BCUT2D eigenvalue weighted by atomic mass is 35.5. The summed E-state index contributed by atoms with van der Waals surface area (Å²) in [4.78, 5) is 25.0. The zero-order valence-electron chi connectivity index (χ0n) is 17.6. The summed E-state index contributed by atoms with van der Waals surface area (Å²) in [6, 6.07) is 11.8. The van der Waals surface area contributed by atoms with E-state index in [0.29, 0.717) is 5.02 Å². The van der Waals surface area contributed by atoms with Gasteiger partial charge in [0, 0.05) is 12.1 Å². The van der Waals surface area contributed by atoms with Crippen LogP contribution in [0.15, 0.2) is 36.4 Å². The lowest BCUT2D eigenvalue weighted by atomic mass is 9.93. The minimum atomic E-state index is -1.23. The number of amides is 1. The van der Waals surface area contributed by atoms with Crippen molar-refractivity contribution >= 4 is 23.5 Å². The van der Waals surface area contributed by atoms with E-state index in [2.05, 4.69) is 17.4 Å². The molecule has 0 bridgehead atoms. The van der Waals surface area contributed by atoms with E-state index in [1.807, 2.05) is 38.1 Å². The summed E-state index contributed by atoms with van der Waals surface area (Å²) in [6.07, 6.45) is 0.164. The van der Waals surface area contributed by atoms with Gasteiger partial charge in [0.15, 0.2) is 5.54 Å². The lowest BCUT2D eigenvalue weighted by molar-refractivity contribution is -0.155. The molecule has 156 valence electrons. The maximum absolute atomic E-state index is 12.7. The highest BCUT2D eigenvalue weighted by Crippen LogP contribution is 2.27. The van der Waals surface area contributed by atoms with Gasteiger partial charge in [0.2, 0.25) is 5.91 Å². The van der Waals surface area contributed by atoms with E-state index in [1.165, 1.54) is 7.11 Å². The van der Waals surface area contributed by atoms with Crippen LogP contribution in [0.2, 0.25) is 5.02 Å². The first-order valence-electron chi connectivity index (χ1n) is 9.53. The molecule has 2 aromatic carbocycles. The summed E-state index contributed by atoms with van der Waals surface area (Å²) < 4.78 is 10.2. The quantitative estimate of drug-likeness (QED) is 0.652. The molecule has 29 heavy (non-hydrogen) atoms. The number of aryl methyl sites for hydroxylation is 2. The predicted molar refractivity (Wildman–Crippen MR) is 115 cm³/mol. The molecule has 1 atom stereocenters. The summed E-state index contributed by atoms with van der Waals surface area (Å²) in [5.74, 6) is -0.773. The van der Waals surface area contributed by atoms with Gasteiger partial charge in [-0.1, -0.05) is 35.9 Å². The number of esters is 1. The van der Waals surface area contributed by atoms with Gasteiger partial charge in [-0.05, 0) is 67.6 Å². The van der Waals surface area contributed by atoms with Crippen molar-refractivity contribution in [2.75, 3.05) is 20.3 Å². The fraction of sp³-hybridized carbons (Fsp3) is 0.391. The van der Waals surface area contributed by atoms with E-state index in [4.69, 9.17) is 21.1 Å². The predicted octanol–water partition coefficient (Wildman–Crippen LogP) is 4.25. The van der Waals surface area contributed by atoms with Crippen LogP contribution in [0.4, 0.5) is 0 Å². The maximum Gasteiger partial charge on any atom is 0.333 e. The molecule has 0 spiro atoms. The fourth-order valence-electron chi connectivity index (χ4n) is 3.32. The Morgan fingerprint density at radius 3 is 2.17 bits per heavy atom. The Balaban J connectivity index is 2.21. The second-order valence-electron chi connectivity index (χ2n) is 7.31. The van der Waals surface area contributed by atoms with Crippen molar-refractivity contribution in [1.82, 2.24) is 5.32 Å². The highest BCUT2D eigenvalue weighted by molar-refractivity contribution is 6.30. The molecular formula is C23H28ClNO4. The van der Waals surface area contributed by atoms with E-state index >= 15 is 0 Å². The number of benzene rings is 2. The van der Waals surface area contributed by atoms with Gasteiger partial charge >= 0.3 is 5.97 Å². The van der Waals surface area contributed by atoms with Crippen molar-refractivity contribution in [3.8, 4) is 11.1 Å². The number of carbonyl (C=O) groups is 2. The Hall–Kier alpha value is -2.37. The molecule has 0 saturated carbocycles. The molecule has 1 amide bonds. The SMILES string of the molecule is CCOC(=O)C(C)(COC)NC(=O)Cc1c(C)cc(-c2ccc(Cl)cc2)cc1C. The topological polar surface area (TPSA) is 64.6 Å². The molecule has 2 rings (SSSR count). The smallest absolute Gasteiger partial charge is 0.333 e. The first kappa shape index (κ1) is 22.9. The molecule has 0 aliphatic carbocycles. The van der Waals surface area contributed by atoms with E-state index in [-0.39, 0.29) is 25.5 Å². The summed E-state index contributed by atoms with van der Waals surface area (Å²) in [5.41, 5.74) is 3.85. The van der Waals surface area contributed by atoms with Crippen molar-refractivity contribution in [3.05, 3.63) is 58.1 Å². The number of ether oxygens (including phenoxy) is 2. The summed E-state index contributed by atoms with van der Waals surface area (Å²) in [7, 11) is 1.48. The Morgan fingerprint density at radius 1 is 1.07 bits per heavy atom. The van der Waals surface area contributed by atoms with Gasteiger partial charge in [-0.25, -0.2) is 4.79 Å². The van der Waals surface area contributed by atoms with Gasteiger partial charge in [-0.15, -0.1) is 0 Å². The number of rotatable bonds is 8. The average molecular weight is 418 g/mol. The lowest BCUT2D eigenvalue weighted by Crippen LogP contribution is -2.56. The zero-order valence-corrected chi connectivity index (χ0v) is 18.4. The third-order valence-electron chi connectivity index (χ3n) is 4.79. The molecule has 1 unspecified atom stereocenters. The molecule has 1 N–H and O–H groups in total. The van der Waals surface area contributed by atoms with Crippen molar-refractivity contribution in [1.29, 1.82) is 0 Å². The van der Waals surface area contributed by atoms with E-state index < -0.39 is 11.5 Å². The number of halogens is 1. The molecule has 6 heteroatoms. The van der Waals surface area contributed by atoms with Crippen LogP contribution in [0.3, 0.4) is 0 Å². The Morgan fingerprint density at radius 2 is 1.66 bits per heavy atom. The molecule has 0 aliphatic rings. The number of hydrogen-bond acceptors (Lipinski definition) is 4. The maximum atomic E-state index is 12.7. The third kappa shape index (κ3) is 5.81. The van der Waals surface area contributed by atoms with Crippen molar-refractivity contribution in [3.63, 3.8) is 0 Å². The van der Waals surface area contributed by atoms with Gasteiger partial charge < -0.3 is 14.8 Å². The highest BCUT2D eigenvalue weighted by Gasteiger charge is 2.36. The first-order chi connectivity index (χ1) is 13.7. The standard InChI is InChI=1S/C23H28ClNO4/c1-6-29-22(27)23(4,14-28-5)25-21(26)13-20-15(2)11-18(12-16(20)3)17-7-9-19(24)10-8-17/h7-12H,6,13-14H2,1-5H3,(H,25,26). The van der Waals surface area contributed by atoms with Gasteiger partial charge in [-0.3, -0.25) is 4.79 Å². The molecule has 0 saturated heterocycles. The molecule has 0 radical (unpaired) electrons. The van der Waals surface area contributed by atoms with Crippen molar-refractivity contribution in [2.24, 2.45) is 0 Å². The molecule has 2 aromatic rings. The number of nitrogens with one attached hydrogen (secondary N) is 1. The summed E-state index contributed by atoms with van der Waals surface area (Å²) >= 11 is 5.98. The second-order valence-corrected chi connectivity index (χ2v) is 7.74.